The molecule has 1 fully saturated rings. The number of carbonyl (C=O) groups excluding carboxylic acids is 1. The van der Waals surface area contributed by atoms with Crippen LogP contribution >= 0.6 is 0 Å². The van der Waals surface area contributed by atoms with E-state index in [9.17, 15) is 4.79 Å². The summed E-state index contributed by atoms with van der Waals surface area (Å²) in [6.07, 6.45) is 5.64. The lowest BCUT2D eigenvalue weighted by atomic mass is 9.89. The van der Waals surface area contributed by atoms with Gasteiger partial charge in [-0.1, -0.05) is 19.3 Å². The average Bonchev–Trinajstić information content (AvgIpc) is 2.14. The van der Waals surface area contributed by atoms with E-state index in [4.69, 9.17) is 4.84 Å². The zero-order chi connectivity index (χ0) is 10.6. The summed E-state index contributed by atoms with van der Waals surface area (Å²) in [5.74, 6) is 0.228. The molecule has 1 aliphatic carbocycles. The molecule has 0 aromatic rings. The first kappa shape index (κ1) is 11.5. The summed E-state index contributed by atoms with van der Waals surface area (Å²) in [5.41, 5.74) is 2.25. The topological polar surface area (TPSA) is 38.3 Å². The molecule has 0 bridgehead atoms. The van der Waals surface area contributed by atoms with Crippen molar-refractivity contribution in [3.8, 4) is 0 Å². The maximum absolute atomic E-state index is 11.6. The van der Waals surface area contributed by atoms with Crippen molar-refractivity contribution in [1.82, 2.24) is 5.48 Å². The Morgan fingerprint density at radius 2 is 1.79 bits per heavy atom. The summed E-state index contributed by atoms with van der Waals surface area (Å²) < 4.78 is 0. The Hall–Kier alpha value is -0.570. The molecular formula is C11H21NO2. The van der Waals surface area contributed by atoms with Crippen LogP contribution < -0.4 is 5.48 Å². The Labute approximate surface area is 86.2 Å². The van der Waals surface area contributed by atoms with Crippen molar-refractivity contribution in [2.45, 2.75) is 58.5 Å². The Balaban J connectivity index is 2.27. The first-order chi connectivity index (χ1) is 6.49. The number of hydroxylamine groups is 1. The highest BCUT2D eigenvalue weighted by Gasteiger charge is 2.22. The largest absolute Gasteiger partial charge is 0.272 e. The molecule has 0 unspecified atom stereocenters. The first-order valence-electron chi connectivity index (χ1n) is 5.47. The highest BCUT2D eigenvalue weighted by atomic mass is 16.7. The van der Waals surface area contributed by atoms with Crippen LogP contribution in [0.4, 0.5) is 0 Å². The number of nitrogens with one attached hydrogen (secondary N) is 1. The van der Waals surface area contributed by atoms with Gasteiger partial charge in [0.25, 0.3) is 0 Å². The summed E-state index contributed by atoms with van der Waals surface area (Å²) in [4.78, 5) is 16.9. The van der Waals surface area contributed by atoms with Crippen molar-refractivity contribution in [3.05, 3.63) is 0 Å². The van der Waals surface area contributed by atoms with E-state index in [1.54, 1.807) is 0 Å². The molecule has 0 aromatic carbocycles. The normalized spacial score (nSPS) is 19.4. The van der Waals surface area contributed by atoms with Gasteiger partial charge in [0.15, 0.2) is 0 Å². The molecule has 3 nitrogen and oxygen atoms in total. The predicted molar refractivity (Wildman–Crippen MR) is 55.6 cm³/mol. The van der Waals surface area contributed by atoms with E-state index in [0.717, 1.165) is 12.8 Å². The summed E-state index contributed by atoms with van der Waals surface area (Å²) in [6, 6.07) is 0. The monoisotopic (exact) mass is 199 g/mol. The molecule has 0 aliphatic heterocycles. The van der Waals surface area contributed by atoms with Gasteiger partial charge in [-0.2, -0.15) is 0 Å². The molecule has 1 rings (SSSR count). The first-order valence-corrected chi connectivity index (χ1v) is 5.47. The lowest BCUT2D eigenvalue weighted by Gasteiger charge is -2.24. The average molecular weight is 199 g/mol. The van der Waals surface area contributed by atoms with Crippen LogP contribution in [-0.4, -0.2) is 11.5 Å². The number of hydrogen-bond acceptors (Lipinski definition) is 2. The molecule has 0 spiro atoms. The minimum Gasteiger partial charge on any atom is -0.272 e. The molecule has 0 radical (unpaired) electrons. The maximum atomic E-state index is 11.6. The smallest absolute Gasteiger partial charge is 0.246 e. The molecule has 1 amide bonds. The van der Waals surface area contributed by atoms with Gasteiger partial charge >= 0.3 is 0 Å². The highest BCUT2D eigenvalue weighted by Crippen LogP contribution is 2.23. The van der Waals surface area contributed by atoms with Gasteiger partial charge in [-0.05, 0) is 33.6 Å². The van der Waals surface area contributed by atoms with Crippen molar-refractivity contribution < 1.29 is 9.63 Å². The Morgan fingerprint density at radius 1 is 1.21 bits per heavy atom. The van der Waals surface area contributed by atoms with Crippen molar-refractivity contribution >= 4 is 5.91 Å². The third-order valence-electron chi connectivity index (χ3n) is 2.43. The van der Waals surface area contributed by atoms with Crippen LogP contribution in [0, 0.1) is 5.92 Å². The summed E-state index contributed by atoms with van der Waals surface area (Å²) in [5, 5.41) is 0. The molecular weight excluding hydrogens is 178 g/mol. The van der Waals surface area contributed by atoms with Crippen molar-refractivity contribution in [2.24, 2.45) is 5.92 Å². The molecule has 14 heavy (non-hydrogen) atoms. The van der Waals surface area contributed by atoms with Crippen molar-refractivity contribution in [2.75, 3.05) is 0 Å². The van der Waals surface area contributed by atoms with E-state index >= 15 is 0 Å². The van der Waals surface area contributed by atoms with Crippen LogP contribution in [0.15, 0.2) is 0 Å². The third-order valence-corrected chi connectivity index (χ3v) is 2.43. The second kappa shape index (κ2) is 4.78. The minimum atomic E-state index is -0.301. The standard InChI is InChI=1S/C11H21NO2/c1-11(2,3)14-12-10(13)9-7-5-4-6-8-9/h9H,4-8H2,1-3H3,(H,12,13). The van der Waals surface area contributed by atoms with Crippen molar-refractivity contribution in [1.29, 1.82) is 0 Å². The number of amides is 1. The van der Waals surface area contributed by atoms with Crippen LogP contribution in [0.2, 0.25) is 0 Å². The van der Waals surface area contributed by atoms with Crippen molar-refractivity contribution in [3.63, 3.8) is 0 Å². The molecule has 3 heteroatoms. The van der Waals surface area contributed by atoms with Gasteiger partial charge in [-0.3, -0.25) is 9.63 Å². The van der Waals surface area contributed by atoms with Crippen LogP contribution in [0.1, 0.15) is 52.9 Å². The fourth-order valence-corrected chi connectivity index (χ4v) is 1.65. The van der Waals surface area contributed by atoms with Gasteiger partial charge in [0, 0.05) is 5.92 Å². The fourth-order valence-electron chi connectivity index (χ4n) is 1.65. The summed E-state index contributed by atoms with van der Waals surface area (Å²) >= 11 is 0. The van der Waals surface area contributed by atoms with Gasteiger partial charge in [0.1, 0.15) is 0 Å². The highest BCUT2D eigenvalue weighted by molar-refractivity contribution is 5.77. The molecule has 0 heterocycles. The SMILES string of the molecule is CC(C)(C)ONC(=O)C1CCCCC1. The van der Waals surface area contributed by atoms with E-state index < -0.39 is 0 Å². The van der Waals surface area contributed by atoms with E-state index in [-0.39, 0.29) is 17.4 Å². The van der Waals surface area contributed by atoms with Crippen LogP contribution in [0.25, 0.3) is 0 Å². The second-order valence-corrected chi connectivity index (χ2v) is 5.02. The lowest BCUT2D eigenvalue weighted by Crippen LogP contribution is -2.37. The molecule has 0 aromatic heterocycles. The van der Waals surface area contributed by atoms with Crippen LogP contribution in [-0.2, 0) is 9.63 Å². The summed E-state index contributed by atoms with van der Waals surface area (Å²) in [7, 11) is 0. The van der Waals surface area contributed by atoms with E-state index in [2.05, 4.69) is 5.48 Å². The van der Waals surface area contributed by atoms with E-state index in [1.807, 2.05) is 20.8 Å². The number of hydrogen-bond donors (Lipinski definition) is 1. The van der Waals surface area contributed by atoms with E-state index in [1.165, 1.54) is 19.3 Å². The van der Waals surface area contributed by atoms with Gasteiger partial charge < -0.3 is 0 Å². The number of carbonyl (C=O) groups is 1. The van der Waals surface area contributed by atoms with Crippen LogP contribution in [0.5, 0.6) is 0 Å². The predicted octanol–water partition coefficient (Wildman–Crippen LogP) is 2.41. The van der Waals surface area contributed by atoms with E-state index in [0.29, 0.717) is 0 Å². The lowest BCUT2D eigenvalue weighted by molar-refractivity contribution is -0.150. The van der Waals surface area contributed by atoms with Crippen LogP contribution in [0.3, 0.4) is 0 Å². The minimum absolute atomic E-state index is 0.0552. The quantitative estimate of drug-likeness (QED) is 0.693. The Bertz CT molecular complexity index is 190. The van der Waals surface area contributed by atoms with Gasteiger partial charge in [-0.25, -0.2) is 5.48 Å². The molecule has 1 aliphatic rings. The number of rotatable bonds is 2. The molecule has 0 saturated heterocycles. The zero-order valence-electron chi connectivity index (χ0n) is 9.43. The third kappa shape index (κ3) is 4.09. The van der Waals surface area contributed by atoms with Gasteiger partial charge in [-0.15, -0.1) is 0 Å². The molecule has 1 saturated carbocycles. The zero-order valence-corrected chi connectivity index (χ0v) is 9.43. The van der Waals surface area contributed by atoms with Gasteiger partial charge in [0.2, 0.25) is 5.91 Å². The maximum Gasteiger partial charge on any atom is 0.246 e. The molecule has 82 valence electrons. The molecule has 0 atom stereocenters. The molecule has 1 N–H and O–H groups in total. The van der Waals surface area contributed by atoms with Gasteiger partial charge in [0.05, 0.1) is 5.60 Å². The summed E-state index contributed by atoms with van der Waals surface area (Å²) in [6.45, 7) is 5.77. The fraction of sp³-hybridized carbons (Fsp3) is 0.909. The Kier molecular flexibility index (Phi) is 3.93. The Morgan fingerprint density at radius 3 is 2.29 bits per heavy atom. The second-order valence-electron chi connectivity index (χ2n) is 5.02.